The molecule has 0 radical (unpaired) electrons. The predicted octanol–water partition coefficient (Wildman–Crippen LogP) is 4.68. The van der Waals surface area contributed by atoms with Gasteiger partial charge in [-0.1, -0.05) is 12.1 Å². The molecule has 0 saturated carbocycles. The summed E-state index contributed by atoms with van der Waals surface area (Å²) < 4.78 is 12.0. The van der Waals surface area contributed by atoms with Crippen LogP contribution in [-0.2, 0) is 6.54 Å². The first-order valence-electron chi connectivity index (χ1n) is 6.79. The second-order valence-corrected chi connectivity index (χ2v) is 5.83. The minimum absolute atomic E-state index is 0.189. The minimum Gasteiger partial charge on any atom is -0.491 e. The highest BCUT2D eigenvalue weighted by Gasteiger charge is 2.08. The van der Waals surface area contributed by atoms with Crippen molar-refractivity contribution in [1.82, 2.24) is 5.32 Å². The average molecular weight is 338 g/mol. The number of ether oxygens (including phenoxy) is 1. The van der Waals surface area contributed by atoms with Gasteiger partial charge in [-0.15, -0.1) is 0 Å². The number of benzene rings is 1. The van der Waals surface area contributed by atoms with Crippen LogP contribution in [0.3, 0.4) is 0 Å². The van der Waals surface area contributed by atoms with Gasteiger partial charge < -0.3 is 14.5 Å². The van der Waals surface area contributed by atoms with E-state index in [2.05, 4.69) is 40.3 Å². The van der Waals surface area contributed by atoms with Crippen LogP contribution in [0.5, 0.6) is 5.75 Å². The zero-order valence-electron chi connectivity index (χ0n) is 12.0. The largest absolute Gasteiger partial charge is 0.491 e. The van der Waals surface area contributed by atoms with E-state index >= 15 is 0 Å². The zero-order valence-corrected chi connectivity index (χ0v) is 13.6. The SMILES string of the molecule is CC(C)Oc1cccc(C(C)NCc2ccc(Br)o2)c1. The van der Waals surface area contributed by atoms with Crippen molar-refractivity contribution in [3.8, 4) is 5.75 Å². The number of rotatable bonds is 6. The molecule has 1 N–H and O–H groups in total. The van der Waals surface area contributed by atoms with Gasteiger partial charge in [-0.2, -0.15) is 0 Å². The molecule has 0 aliphatic rings. The van der Waals surface area contributed by atoms with Gasteiger partial charge in [0.1, 0.15) is 11.5 Å². The summed E-state index contributed by atoms with van der Waals surface area (Å²) in [5.41, 5.74) is 1.20. The van der Waals surface area contributed by atoms with E-state index in [1.165, 1.54) is 5.56 Å². The van der Waals surface area contributed by atoms with Gasteiger partial charge in [0.15, 0.2) is 4.67 Å². The Bertz CT molecular complexity index is 551. The molecule has 0 saturated heterocycles. The van der Waals surface area contributed by atoms with Crippen molar-refractivity contribution in [3.05, 3.63) is 52.4 Å². The van der Waals surface area contributed by atoms with Crippen molar-refractivity contribution >= 4 is 15.9 Å². The molecule has 3 nitrogen and oxygen atoms in total. The highest BCUT2D eigenvalue weighted by atomic mass is 79.9. The minimum atomic E-state index is 0.189. The fraction of sp³-hybridized carbons (Fsp3) is 0.375. The van der Waals surface area contributed by atoms with Crippen molar-refractivity contribution in [3.63, 3.8) is 0 Å². The van der Waals surface area contributed by atoms with E-state index in [1.54, 1.807) is 0 Å². The molecule has 0 aliphatic carbocycles. The maximum absolute atomic E-state index is 5.72. The Morgan fingerprint density at radius 3 is 2.65 bits per heavy atom. The quantitative estimate of drug-likeness (QED) is 0.830. The predicted molar refractivity (Wildman–Crippen MR) is 83.9 cm³/mol. The molecule has 0 spiro atoms. The normalized spacial score (nSPS) is 12.7. The molecule has 20 heavy (non-hydrogen) atoms. The molecule has 1 atom stereocenters. The Hall–Kier alpha value is -1.26. The Morgan fingerprint density at radius 2 is 2.00 bits per heavy atom. The van der Waals surface area contributed by atoms with Crippen LogP contribution in [0, 0.1) is 0 Å². The monoisotopic (exact) mass is 337 g/mol. The second kappa shape index (κ2) is 6.95. The Labute approximate surface area is 128 Å². The molecule has 108 valence electrons. The average Bonchev–Trinajstić information content (AvgIpc) is 2.81. The first-order chi connectivity index (χ1) is 9.54. The van der Waals surface area contributed by atoms with E-state index in [-0.39, 0.29) is 12.1 Å². The van der Waals surface area contributed by atoms with Gasteiger partial charge in [0.2, 0.25) is 0 Å². The van der Waals surface area contributed by atoms with Crippen LogP contribution in [-0.4, -0.2) is 6.10 Å². The molecule has 0 bridgehead atoms. The van der Waals surface area contributed by atoms with E-state index < -0.39 is 0 Å². The smallest absolute Gasteiger partial charge is 0.169 e. The molecular weight excluding hydrogens is 318 g/mol. The van der Waals surface area contributed by atoms with Gasteiger partial charge in [0.05, 0.1) is 12.6 Å². The molecule has 4 heteroatoms. The first kappa shape index (κ1) is 15.1. The summed E-state index contributed by atoms with van der Waals surface area (Å²) >= 11 is 3.31. The van der Waals surface area contributed by atoms with Crippen LogP contribution in [0.25, 0.3) is 0 Å². The molecular formula is C16H20BrNO2. The van der Waals surface area contributed by atoms with E-state index in [0.29, 0.717) is 6.54 Å². The lowest BCUT2D eigenvalue weighted by Gasteiger charge is -2.16. The van der Waals surface area contributed by atoms with Crippen molar-refractivity contribution in [2.75, 3.05) is 0 Å². The van der Waals surface area contributed by atoms with Crippen LogP contribution in [0.4, 0.5) is 0 Å². The van der Waals surface area contributed by atoms with Crippen LogP contribution in [0.15, 0.2) is 45.5 Å². The Morgan fingerprint density at radius 1 is 1.20 bits per heavy atom. The number of furan rings is 1. The van der Waals surface area contributed by atoms with Crippen LogP contribution in [0.1, 0.15) is 38.1 Å². The summed E-state index contributed by atoms with van der Waals surface area (Å²) in [7, 11) is 0. The number of nitrogens with one attached hydrogen (secondary N) is 1. The van der Waals surface area contributed by atoms with Crippen molar-refractivity contribution in [2.24, 2.45) is 0 Å². The van der Waals surface area contributed by atoms with E-state index in [0.717, 1.165) is 16.2 Å². The highest BCUT2D eigenvalue weighted by molar-refractivity contribution is 9.10. The molecule has 1 aromatic heterocycles. The molecule has 2 aromatic rings. The third-order valence-corrected chi connectivity index (χ3v) is 3.37. The molecule has 0 amide bonds. The number of hydrogen-bond donors (Lipinski definition) is 1. The van der Waals surface area contributed by atoms with E-state index in [4.69, 9.17) is 9.15 Å². The number of hydrogen-bond acceptors (Lipinski definition) is 3. The zero-order chi connectivity index (χ0) is 14.5. The molecule has 0 fully saturated rings. The Balaban J connectivity index is 1.96. The number of halogens is 1. The first-order valence-corrected chi connectivity index (χ1v) is 7.58. The topological polar surface area (TPSA) is 34.4 Å². The van der Waals surface area contributed by atoms with Gasteiger partial charge in [0, 0.05) is 6.04 Å². The summed E-state index contributed by atoms with van der Waals surface area (Å²) in [5, 5.41) is 3.44. The molecule has 1 heterocycles. The lowest BCUT2D eigenvalue weighted by Crippen LogP contribution is -2.18. The summed E-state index contributed by atoms with van der Waals surface area (Å²) in [4.78, 5) is 0. The summed E-state index contributed by atoms with van der Waals surface area (Å²) in [6.45, 7) is 6.89. The van der Waals surface area contributed by atoms with Gasteiger partial charge in [-0.3, -0.25) is 0 Å². The molecule has 1 aromatic carbocycles. The van der Waals surface area contributed by atoms with Gasteiger partial charge in [-0.05, 0) is 66.5 Å². The fourth-order valence-electron chi connectivity index (χ4n) is 1.95. The third-order valence-electron chi connectivity index (χ3n) is 2.94. The lowest BCUT2D eigenvalue weighted by atomic mass is 10.1. The van der Waals surface area contributed by atoms with Crippen LogP contribution >= 0.6 is 15.9 Å². The highest BCUT2D eigenvalue weighted by Crippen LogP contribution is 2.21. The second-order valence-electron chi connectivity index (χ2n) is 5.05. The molecule has 1 unspecified atom stereocenters. The maximum Gasteiger partial charge on any atom is 0.169 e. The maximum atomic E-state index is 5.72. The van der Waals surface area contributed by atoms with Gasteiger partial charge in [0.25, 0.3) is 0 Å². The third kappa shape index (κ3) is 4.39. The van der Waals surface area contributed by atoms with E-state index in [1.807, 2.05) is 38.1 Å². The summed E-state index contributed by atoms with van der Waals surface area (Å²) in [5.74, 6) is 1.82. The van der Waals surface area contributed by atoms with Gasteiger partial charge in [-0.25, -0.2) is 0 Å². The standard InChI is InChI=1S/C16H20BrNO2/c1-11(2)19-14-6-4-5-13(9-14)12(3)18-10-15-7-8-16(17)20-15/h4-9,11-12,18H,10H2,1-3H3. The summed E-state index contributed by atoms with van der Waals surface area (Å²) in [6, 6.07) is 12.3. The van der Waals surface area contributed by atoms with Crippen LogP contribution < -0.4 is 10.1 Å². The van der Waals surface area contributed by atoms with Crippen LogP contribution in [0.2, 0.25) is 0 Å². The van der Waals surface area contributed by atoms with E-state index in [9.17, 15) is 0 Å². The Kier molecular flexibility index (Phi) is 5.26. The summed E-state index contributed by atoms with van der Waals surface area (Å²) in [6.07, 6.45) is 0.189. The van der Waals surface area contributed by atoms with Gasteiger partial charge >= 0.3 is 0 Å². The fourth-order valence-corrected chi connectivity index (χ4v) is 2.29. The van der Waals surface area contributed by atoms with Crippen molar-refractivity contribution < 1.29 is 9.15 Å². The molecule has 0 aliphatic heterocycles. The molecule has 2 rings (SSSR count). The van der Waals surface area contributed by atoms with Crippen molar-refractivity contribution in [2.45, 2.75) is 39.5 Å². The van der Waals surface area contributed by atoms with Crippen molar-refractivity contribution in [1.29, 1.82) is 0 Å². The lowest BCUT2D eigenvalue weighted by molar-refractivity contribution is 0.242.